The molecule has 0 saturated heterocycles. The molecule has 0 heterocycles. The fourth-order valence-electron chi connectivity index (χ4n) is 1.95. The summed E-state index contributed by atoms with van der Waals surface area (Å²) in [6.07, 6.45) is 1.65. The number of urea groups is 1. The Hall–Kier alpha value is -2.85. The lowest BCUT2D eigenvalue weighted by atomic mass is 10.2. The molecule has 0 unspecified atom stereocenters. The lowest BCUT2D eigenvalue weighted by Gasteiger charge is -2.09. The first-order chi connectivity index (χ1) is 14.2. The zero-order valence-corrected chi connectivity index (χ0v) is 17.7. The number of rotatable bonds is 10. The molecule has 4 N–H and O–H groups in total. The molecule has 0 spiro atoms. The summed E-state index contributed by atoms with van der Waals surface area (Å²) in [4.78, 5) is 58.1. The summed E-state index contributed by atoms with van der Waals surface area (Å²) < 4.78 is 4.64. The van der Waals surface area contributed by atoms with E-state index in [4.69, 9.17) is 23.2 Å². The van der Waals surface area contributed by atoms with Gasteiger partial charge in [0.1, 0.15) is 6.54 Å². The molecule has 1 aromatic carbocycles. The molecule has 0 aliphatic heterocycles. The maximum Gasteiger partial charge on any atom is 0.325 e. The number of carbonyl (C=O) groups excluding carboxylic acids is 5. The van der Waals surface area contributed by atoms with Gasteiger partial charge in [0.25, 0.3) is 11.8 Å². The highest BCUT2D eigenvalue weighted by Gasteiger charge is 2.14. The molecule has 0 aliphatic rings. The summed E-state index contributed by atoms with van der Waals surface area (Å²) >= 11 is 11.6. The third-order valence-corrected chi connectivity index (χ3v) is 4.00. The minimum atomic E-state index is -0.892. The fraction of sp³-hybridized carbons (Fsp3) is 0.389. The lowest BCUT2D eigenvalue weighted by Crippen LogP contribution is -2.42. The van der Waals surface area contributed by atoms with Gasteiger partial charge in [-0.05, 0) is 24.6 Å². The van der Waals surface area contributed by atoms with Gasteiger partial charge in [0.2, 0.25) is 5.91 Å². The topological polar surface area (TPSA) is 143 Å². The third kappa shape index (κ3) is 10.1. The van der Waals surface area contributed by atoms with Crippen molar-refractivity contribution in [2.24, 2.45) is 0 Å². The van der Waals surface area contributed by atoms with Gasteiger partial charge in [0.05, 0.1) is 17.1 Å². The van der Waals surface area contributed by atoms with E-state index in [9.17, 15) is 24.0 Å². The van der Waals surface area contributed by atoms with Crippen molar-refractivity contribution in [2.45, 2.75) is 19.8 Å². The van der Waals surface area contributed by atoms with E-state index in [1.54, 1.807) is 0 Å². The Morgan fingerprint density at radius 2 is 1.70 bits per heavy atom. The van der Waals surface area contributed by atoms with Crippen LogP contribution in [-0.2, 0) is 19.1 Å². The van der Waals surface area contributed by atoms with Crippen molar-refractivity contribution in [3.63, 3.8) is 0 Å². The van der Waals surface area contributed by atoms with Gasteiger partial charge in [-0.15, -0.1) is 0 Å². The predicted octanol–water partition coefficient (Wildman–Crippen LogP) is 1.01. The molecule has 0 saturated carbocycles. The normalized spacial score (nSPS) is 9.97. The molecule has 0 aromatic heterocycles. The Labute approximate surface area is 183 Å². The molecule has 0 bridgehead atoms. The van der Waals surface area contributed by atoms with Crippen molar-refractivity contribution in [1.82, 2.24) is 21.3 Å². The van der Waals surface area contributed by atoms with Crippen LogP contribution < -0.4 is 21.3 Å². The molecule has 30 heavy (non-hydrogen) atoms. The predicted molar refractivity (Wildman–Crippen MR) is 109 cm³/mol. The first-order valence-corrected chi connectivity index (χ1v) is 9.71. The van der Waals surface area contributed by atoms with Crippen LogP contribution in [0.15, 0.2) is 18.2 Å². The van der Waals surface area contributed by atoms with Crippen LogP contribution >= 0.6 is 23.2 Å². The Balaban J connectivity index is 2.24. The van der Waals surface area contributed by atoms with Crippen molar-refractivity contribution in [2.75, 3.05) is 26.2 Å². The van der Waals surface area contributed by atoms with Crippen LogP contribution in [0.4, 0.5) is 4.79 Å². The van der Waals surface area contributed by atoms with E-state index in [1.807, 2.05) is 12.2 Å². The molecule has 10 nitrogen and oxygen atoms in total. The average Bonchev–Trinajstić information content (AvgIpc) is 2.69. The van der Waals surface area contributed by atoms with Gasteiger partial charge in [0.15, 0.2) is 6.61 Å². The smallest absolute Gasteiger partial charge is 0.325 e. The number of hydrogen-bond acceptors (Lipinski definition) is 6. The number of unbranched alkanes of at least 4 members (excludes halogenated alkanes) is 1. The maximum absolute atomic E-state index is 12.0. The molecule has 0 atom stereocenters. The van der Waals surface area contributed by atoms with Gasteiger partial charge in [0, 0.05) is 11.6 Å². The van der Waals surface area contributed by atoms with E-state index in [-0.39, 0.29) is 10.6 Å². The first-order valence-electron chi connectivity index (χ1n) is 8.96. The summed E-state index contributed by atoms with van der Waals surface area (Å²) in [7, 11) is 0. The standard InChI is InChI=1S/C18H22Cl2N4O6/c1-2-3-6-21-18(29)24-15(26)10-30-16(27)9-22-14(25)8-23-17(28)12-5-4-11(19)7-13(12)20/h4-5,7H,2-3,6,8-10H2,1H3,(H,22,25)(H,23,28)(H2,21,24,26,29). The van der Waals surface area contributed by atoms with Crippen LogP contribution in [0.2, 0.25) is 10.0 Å². The van der Waals surface area contributed by atoms with E-state index in [1.165, 1.54) is 18.2 Å². The first kappa shape index (κ1) is 25.2. The van der Waals surface area contributed by atoms with E-state index >= 15 is 0 Å². The minimum Gasteiger partial charge on any atom is -0.454 e. The SMILES string of the molecule is CCCCNC(=O)NC(=O)COC(=O)CNC(=O)CNC(=O)c1ccc(Cl)cc1Cl. The molecule has 12 heteroatoms. The highest BCUT2D eigenvalue weighted by molar-refractivity contribution is 6.36. The van der Waals surface area contributed by atoms with Crippen molar-refractivity contribution in [3.05, 3.63) is 33.8 Å². The second-order valence-electron chi connectivity index (χ2n) is 5.90. The maximum atomic E-state index is 12.0. The summed E-state index contributed by atoms with van der Waals surface area (Å²) in [5, 5.41) is 9.50. The molecule has 1 aromatic rings. The highest BCUT2D eigenvalue weighted by Crippen LogP contribution is 2.20. The van der Waals surface area contributed by atoms with Gasteiger partial charge in [-0.2, -0.15) is 0 Å². The molecular formula is C18H22Cl2N4O6. The number of imide groups is 1. The Bertz CT molecular complexity index is 803. The van der Waals surface area contributed by atoms with E-state index in [0.29, 0.717) is 11.6 Å². The van der Waals surface area contributed by atoms with Gasteiger partial charge in [-0.1, -0.05) is 36.5 Å². The summed E-state index contributed by atoms with van der Waals surface area (Å²) in [6.45, 7) is 0.756. The summed E-state index contributed by atoms with van der Waals surface area (Å²) in [6, 6.07) is 3.58. The van der Waals surface area contributed by atoms with E-state index in [2.05, 4.69) is 20.7 Å². The van der Waals surface area contributed by atoms with Crippen LogP contribution in [0, 0.1) is 0 Å². The second kappa shape index (κ2) is 13.4. The van der Waals surface area contributed by atoms with Crippen LogP contribution in [0.5, 0.6) is 0 Å². The largest absolute Gasteiger partial charge is 0.454 e. The fourth-order valence-corrected chi connectivity index (χ4v) is 2.44. The number of ether oxygens (including phenoxy) is 1. The average molecular weight is 461 g/mol. The zero-order valence-electron chi connectivity index (χ0n) is 16.2. The van der Waals surface area contributed by atoms with Gasteiger partial charge in [-0.3, -0.25) is 24.5 Å². The molecule has 0 aliphatic carbocycles. The lowest BCUT2D eigenvalue weighted by molar-refractivity contribution is -0.148. The molecule has 5 amide bonds. The highest BCUT2D eigenvalue weighted by atomic mass is 35.5. The third-order valence-electron chi connectivity index (χ3n) is 3.45. The van der Waals surface area contributed by atoms with Crippen LogP contribution in [0.3, 0.4) is 0 Å². The Kier molecular flexibility index (Phi) is 11.2. The van der Waals surface area contributed by atoms with Crippen LogP contribution in [0.25, 0.3) is 0 Å². The van der Waals surface area contributed by atoms with E-state index < -0.39 is 49.4 Å². The number of nitrogens with one attached hydrogen (secondary N) is 4. The number of benzene rings is 1. The number of esters is 1. The number of amides is 5. The molecule has 1 rings (SSSR count). The van der Waals surface area contributed by atoms with Gasteiger partial charge < -0.3 is 20.7 Å². The van der Waals surface area contributed by atoms with E-state index in [0.717, 1.165) is 12.8 Å². The Morgan fingerprint density at radius 1 is 0.967 bits per heavy atom. The van der Waals surface area contributed by atoms with Crippen molar-refractivity contribution >= 4 is 52.9 Å². The van der Waals surface area contributed by atoms with Gasteiger partial charge >= 0.3 is 12.0 Å². The minimum absolute atomic E-state index is 0.126. The van der Waals surface area contributed by atoms with Crippen LogP contribution in [0.1, 0.15) is 30.1 Å². The van der Waals surface area contributed by atoms with Crippen molar-refractivity contribution < 1.29 is 28.7 Å². The molecule has 0 radical (unpaired) electrons. The zero-order chi connectivity index (χ0) is 22.5. The number of carbonyl (C=O) groups is 5. The van der Waals surface area contributed by atoms with Crippen molar-refractivity contribution in [1.29, 1.82) is 0 Å². The Morgan fingerprint density at radius 3 is 2.37 bits per heavy atom. The quantitative estimate of drug-likeness (QED) is 0.303. The molecule has 0 fully saturated rings. The second-order valence-corrected chi connectivity index (χ2v) is 6.75. The number of hydrogen-bond donors (Lipinski definition) is 4. The summed E-state index contributed by atoms with van der Waals surface area (Å²) in [5.74, 6) is -2.96. The summed E-state index contributed by atoms with van der Waals surface area (Å²) in [5.41, 5.74) is 0.137. The number of halogens is 2. The van der Waals surface area contributed by atoms with Crippen LogP contribution in [-0.4, -0.2) is 56.0 Å². The monoisotopic (exact) mass is 460 g/mol. The van der Waals surface area contributed by atoms with Gasteiger partial charge in [-0.25, -0.2) is 4.79 Å². The van der Waals surface area contributed by atoms with Crippen molar-refractivity contribution in [3.8, 4) is 0 Å². The molecular weight excluding hydrogens is 439 g/mol. The molecule has 164 valence electrons.